The normalized spacial score (nSPS) is 22.4. The zero-order valence-electron chi connectivity index (χ0n) is 12.4. The number of carbonyl (C=O) groups excluding carboxylic acids is 1. The van der Waals surface area contributed by atoms with Crippen LogP contribution in [0.15, 0.2) is 0 Å². The predicted octanol–water partition coefficient (Wildman–Crippen LogP) is 1.24. The van der Waals surface area contributed by atoms with Crippen LogP contribution in [0.25, 0.3) is 0 Å². The number of aliphatic hydroxyl groups is 1. The third kappa shape index (κ3) is 5.00. The highest BCUT2D eigenvalue weighted by molar-refractivity contribution is 5.78. The van der Waals surface area contributed by atoms with Crippen LogP contribution in [-0.2, 0) is 4.79 Å². The molecule has 0 aromatic rings. The van der Waals surface area contributed by atoms with E-state index in [2.05, 4.69) is 0 Å². The molecule has 1 aliphatic rings. The van der Waals surface area contributed by atoms with E-state index in [1.807, 2.05) is 0 Å². The Morgan fingerprint density at radius 1 is 1.05 bits per heavy atom. The Labute approximate surface area is 120 Å². The van der Waals surface area contributed by atoms with Crippen molar-refractivity contribution in [1.29, 1.82) is 0 Å². The van der Waals surface area contributed by atoms with Crippen LogP contribution in [0, 0.1) is 11.8 Å². The average molecular weight is 286 g/mol. The van der Waals surface area contributed by atoms with Gasteiger partial charge in [0.15, 0.2) is 0 Å². The molecule has 6 nitrogen and oxygen atoms in total. The Hall–Kier alpha value is -1.30. The molecule has 20 heavy (non-hydrogen) atoms. The summed E-state index contributed by atoms with van der Waals surface area (Å²) < 4.78 is 0. The maximum atomic E-state index is 12.1. The number of hydrogen-bond donors (Lipinski definition) is 2. The van der Waals surface area contributed by atoms with E-state index in [1.165, 1.54) is 4.90 Å². The second kappa shape index (κ2) is 8.09. The largest absolute Gasteiger partial charge is 0.465 e. The van der Waals surface area contributed by atoms with Crippen LogP contribution in [0.2, 0.25) is 0 Å². The number of aliphatic hydroxyl groups excluding tert-OH is 1. The monoisotopic (exact) mass is 286 g/mol. The highest BCUT2D eigenvalue weighted by Gasteiger charge is 2.28. The van der Waals surface area contributed by atoms with Gasteiger partial charge in [0.2, 0.25) is 5.91 Å². The van der Waals surface area contributed by atoms with Gasteiger partial charge in [0.1, 0.15) is 0 Å². The first-order valence-corrected chi connectivity index (χ1v) is 7.25. The van der Waals surface area contributed by atoms with Crippen LogP contribution in [0.1, 0.15) is 32.1 Å². The van der Waals surface area contributed by atoms with Gasteiger partial charge < -0.3 is 20.0 Å². The van der Waals surface area contributed by atoms with E-state index in [-0.39, 0.29) is 18.4 Å². The maximum absolute atomic E-state index is 12.1. The smallest absolute Gasteiger partial charge is 0.407 e. The molecule has 0 radical (unpaired) electrons. The van der Waals surface area contributed by atoms with E-state index < -0.39 is 6.09 Å². The van der Waals surface area contributed by atoms with Crippen molar-refractivity contribution in [3.63, 3.8) is 0 Å². The molecule has 0 atom stereocenters. The van der Waals surface area contributed by atoms with Crippen molar-refractivity contribution in [2.24, 2.45) is 11.8 Å². The Kier molecular flexibility index (Phi) is 6.78. The minimum atomic E-state index is -0.889. The van der Waals surface area contributed by atoms with Gasteiger partial charge in [-0.1, -0.05) is 0 Å². The van der Waals surface area contributed by atoms with E-state index >= 15 is 0 Å². The predicted molar refractivity (Wildman–Crippen MR) is 75.4 cm³/mol. The van der Waals surface area contributed by atoms with Crippen molar-refractivity contribution < 1.29 is 19.8 Å². The quantitative estimate of drug-likeness (QED) is 0.770. The molecule has 6 heteroatoms. The van der Waals surface area contributed by atoms with Crippen molar-refractivity contribution in [2.45, 2.75) is 32.1 Å². The molecule has 0 aromatic carbocycles. The lowest BCUT2D eigenvalue weighted by atomic mass is 9.80. The first-order valence-electron chi connectivity index (χ1n) is 7.25. The number of carbonyl (C=O) groups is 2. The summed E-state index contributed by atoms with van der Waals surface area (Å²) in [6.07, 6.45) is 3.69. The molecule has 1 aliphatic carbocycles. The van der Waals surface area contributed by atoms with Gasteiger partial charge in [-0.3, -0.25) is 4.79 Å². The summed E-state index contributed by atoms with van der Waals surface area (Å²) in [7, 11) is 3.31. The van der Waals surface area contributed by atoms with Gasteiger partial charge in [-0.15, -0.1) is 0 Å². The molecule has 1 fully saturated rings. The van der Waals surface area contributed by atoms with Gasteiger partial charge in [0, 0.05) is 33.1 Å². The molecule has 1 saturated carbocycles. The zero-order valence-corrected chi connectivity index (χ0v) is 12.4. The number of amides is 2. The molecular formula is C14H26N2O4. The van der Waals surface area contributed by atoms with Crippen LogP contribution < -0.4 is 0 Å². The highest BCUT2D eigenvalue weighted by atomic mass is 16.4. The van der Waals surface area contributed by atoms with Gasteiger partial charge in [0.05, 0.1) is 6.61 Å². The Morgan fingerprint density at radius 3 is 2.15 bits per heavy atom. The number of likely N-dealkylation sites (N-methyl/N-ethyl adjacent to an activating group) is 1. The van der Waals surface area contributed by atoms with E-state index in [9.17, 15) is 9.59 Å². The third-order valence-electron chi connectivity index (χ3n) is 4.21. The van der Waals surface area contributed by atoms with Crippen molar-refractivity contribution in [3.05, 3.63) is 0 Å². The lowest BCUT2D eigenvalue weighted by Gasteiger charge is -2.31. The standard InChI is InChI=1S/C14H26N2O4/c1-15(9-10-17)13(18)12-5-3-11(4-6-12)7-8-16(2)14(19)20/h11-12,17H,3-10H2,1-2H3,(H,19,20). The Bertz CT molecular complexity index is 327. The number of rotatable bonds is 6. The van der Waals surface area contributed by atoms with Crippen LogP contribution in [0.4, 0.5) is 4.79 Å². The van der Waals surface area contributed by atoms with Gasteiger partial charge in [-0.2, -0.15) is 0 Å². The molecule has 2 amide bonds. The molecule has 0 unspecified atom stereocenters. The van der Waals surface area contributed by atoms with E-state index in [0.29, 0.717) is 19.0 Å². The number of hydrogen-bond acceptors (Lipinski definition) is 3. The van der Waals surface area contributed by atoms with Crippen LogP contribution >= 0.6 is 0 Å². The molecule has 0 heterocycles. The van der Waals surface area contributed by atoms with Crippen molar-refractivity contribution >= 4 is 12.0 Å². The average Bonchev–Trinajstić information content (AvgIpc) is 2.44. The summed E-state index contributed by atoms with van der Waals surface area (Å²) in [5, 5.41) is 17.6. The molecular weight excluding hydrogens is 260 g/mol. The fraction of sp³-hybridized carbons (Fsp3) is 0.857. The van der Waals surface area contributed by atoms with E-state index in [1.54, 1.807) is 19.0 Å². The minimum absolute atomic E-state index is 0.000885. The fourth-order valence-corrected chi connectivity index (χ4v) is 2.74. The molecule has 1 rings (SSSR count). The molecule has 0 spiro atoms. The van der Waals surface area contributed by atoms with Gasteiger partial charge in [0.25, 0.3) is 0 Å². The lowest BCUT2D eigenvalue weighted by Crippen LogP contribution is -2.37. The first-order chi connectivity index (χ1) is 9.45. The zero-order chi connectivity index (χ0) is 15.1. The molecule has 2 N–H and O–H groups in total. The summed E-state index contributed by atoms with van der Waals surface area (Å²) in [6, 6.07) is 0. The summed E-state index contributed by atoms with van der Waals surface area (Å²) >= 11 is 0. The Balaban J connectivity index is 2.29. The van der Waals surface area contributed by atoms with Crippen molar-refractivity contribution in [3.8, 4) is 0 Å². The molecule has 0 aromatic heterocycles. The molecule has 0 saturated heterocycles. The first kappa shape index (κ1) is 16.8. The highest BCUT2D eigenvalue weighted by Crippen LogP contribution is 2.31. The van der Waals surface area contributed by atoms with Crippen molar-refractivity contribution in [1.82, 2.24) is 9.80 Å². The topological polar surface area (TPSA) is 81.1 Å². The number of carboxylic acid groups (broad SMARTS) is 1. The SMILES string of the molecule is CN(CCC1CCC(C(=O)N(C)CCO)CC1)C(=O)O. The second-order valence-electron chi connectivity index (χ2n) is 5.69. The molecule has 0 bridgehead atoms. The fourth-order valence-electron chi connectivity index (χ4n) is 2.74. The second-order valence-corrected chi connectivity index (χ2v) is 5.69. The Morgan fingerprint density at radius 2 is 1.65 bits per heavy atom. The summed E-state index contributed by atoms with van der Waals surface area (Å²) in [5.41, 5.74) is 0. The van der Waals surface area contributed by atoms with Crippen molar-refractivity contribution in [2.75, 3.05) is 33.8 Å². The molecule has 116 valence electrons. The minimum Gasteiger partial charge on any atom is -0.465 e. The van der Waals surface area contributed by atoms with E-state index in [4.69, 9.17) is 10.2 Å². The van der Waals surface area contributed by atoms with Gasteiger partial charge in [-0.05, 0) is 38.0 Å². The summed E-state index contributed by atoms with van der Waals surface area (Å²) in [6.45, 7) is 0.949. The number of nitrogens with zero attached hydrogens (tertiary/aromatic N) is 2. The van der Waals surface area contributed by atoms with Gasteiger partial charge in [-0.25, -0.2) is 4.79 Å². The summed E-state index contributed by atoms with van der Waals surface area (Å²) in [5.74, 6) is 0.712. The van der Waals surface area contributed by atoms with Crippen LogP contribution in [-0.4, -0.2) is 65.8 Å². The van der Waals surface area contributed by atoms with Crippen LogP contribution in [0.3, 0.4) is 0 Å². The maximum Gasteiger partial charge on any atom is 0.407 e. The summed E-state index contributed by atoms with van der Waals surface area (Å²) in [4.78, 5) is 25.7. The van der Waals surface area contributed by atoms with Crippen LogP contribution in [0.5, 0.6) is 0 Å². The van der Waals surface area contributed by atoms with E-state index in [0.717, 1.165) is 32.1 Å². The molecule has 0 aliphatic heterocycles. The van der Waals surface area contributed by atoms with Gasteiger partial charge >= 0.3 is 6.09 Å². The lowest BCUT2D eigenvalue weighted by molar-refractivity contribution is -0.136. The third-order valence-corrected chi connectivity index (χ3v) is 4.21.